The van der Waals surface area contributed by atoms with Crippen molar-refractivity contribution in [2.45, 2.75) is 45.7 Å². The Bertz CT molecular complexity index is 669. The largest absolute Gasteiger partial charge is 0.366 e. The second-order valence-electron chi connectivity index (χ2n) is 7.04. The molecule has 0 aliphatic carbocycles. The Morgan fingerprint density at radius 2 is 1.78 bits per heavy atom. The van der Waals surface area contributed by atoms with Gasteiger partial charge in [0.15, 0.2) is 0 Å². The quantitative estimate of drug-likeness (QED) is 0.879. The van der Waals surface area contributed by atoms with Crippen molar-refractivity contribution in [3.63, 3.8) is 0 Å². The summed E-state index contributed by atoms with van der Waals surface area (Å²) >= 11 is 0. The molecule has 1 unspecified atom stereocenters. The zero-order valence-corrected chi connectivity index (χ0v) is 14.4. The highest BCUT2D eigenvalue weighted by molar-refractivity contribution is 5.92. The lowest BCUT2D eigenvalue weighted by atomic mass is 9.86. The van der Waals surface area contributed by atoms with E-state index in [2.05, 4.69) is 57.3 Å². The normalized spacial score (nSPS) is 12.9. The first-order chi connectivity index (χ1) is 10.8. The molecule has 2 aromatic rings. The Balaban J connectivity index is 2.01. The van der Waals surface area contributed by atoms with E-state index in [1.165, 1.54) is 11.1 Å². The van der Waals surface area contributed by atoms with Gasteiger partial charge >= 0.3 is 0 Å². The van der Waals surface area contributed by atoms with Crippen molar-refractivity contribution in [2.24, 2.45) is 5.73 Å². The van der Waals surface area contributed by atoms with E-state index in [9.17, 15) is 4.79 Å². The summed E-state index contributed by atoms with van der Waals surface area (Å²) in [5, 5.41) is 3.49. The number of hydrogen-bond donors (Lipinski definition) is 2. The van der Waals surface area contributed by atoms with Gasteiger partial charge in [-0.1, -0.05) is 57.2 Å². The number of nitrogens with two attached hydrogens (primary N) is 1. The minimum atomic E-state index is -0.391. The molecule has 0 aliphatic rings. The number of amides is 1. The van der Waals surface area contributed by atoms with Crippen molar-refractivity contribution in [3.8, 4) is 0 Å². The highest BCUT2D eigenvalue weighted by atomic mass is 16.1. The predicted octanol–water partition coefficient (Wildman–Crippen LogP) is 3.93. The first-order valence-electron chi connectivity index (χ1n) is 8.00. The van der Waals surface area contributed by atoms with Gasteiger partial charge in [0.1, 0.15) is 0 Å². The van der Waals surface area contributed by atoms with E-state index < -0.39 is 5.91 Å². The third-order valence-electron chi connectivity index (χ3n) is 4.10. The fraction of sp³-hybridized carbons (Fsp3) is 0.350. The van der Waals surface area contributed by atoms with Gasteiger partial charge in [-0.2, -0.15) is 0 Å². The predicted molar refractivity (Wildman–Crippen MR) is 95.4 cm³/mol. The molecule has 0 fully saturated rings. The zero-order chi connectivity index (χ0) is 17.0. The van der Waals surface area contributed by atoms with Crippen molar-refractivity contribution >= 4 is 5.91 Å². The molecule has 0 bridgehead atoms. The molecule has 23 heavy (non-hydrogen) atoms. The average Bonchev–Trinajstić information content (AvgIpc) is 2.52. The Kier molecular flexibility index (Phi) is 5.22. The Labute approximate surface area is 138 Å². The van der Waals surface area contributed by atoms with E-state index in [4.69, 9.17) is 5.73 Å². The van der Waals surface area contributed by atoms with Gasteiger partial charge in [-0.3, -0.25) is 4.79 Å². The molecule has 2 rings (SSSR count). The summed E-state index contributed by atoms with van der Waals surface area (Å²) in [6, 6.07) is 16.4. The maximum absolute atomic E-state index is 11.2. The van der Waals surface area contributed by atoms with Crippen molar-refractivity contribution in [3.05, 3.63) is 70.8 Å². The van der Waals surface area contributed by atoms with E-state index in [1.54, 1.807) is 6.07 Å². The summed E-state index contributed by atoms with van der Waals surface area (Å²) in [6.07, 6.45) is 0. The van der Waals surface area contributed by atoms with Crippen LogP contribution >= 0.6 is 0 Å². The fourth-order valence-electron chi connectivity index (χ4n) is 2.50. The Morgan fingerprint density at radius 3 is 2.35 bits per heavy atom. The van der Waals surface area contributed by atoms with Crippen LogP contribution < -0.4 is 11.1 Å². The van der Waals surface area contributed by atoms with Gasteiger partial charge < -0.3 is 11.1 Å². The summed E-state index contributed by atoms with van der Waals surface area (Å²) in [6.45, 7) is 9.49. The van der Waals surface area contributed by atoms with Gasteiger partial charge in [-0.05, 0) is 41.2 Å². The van der Waals surface area contributed by atoms with E-state index in [0.29, 0.717) is 12.1 Å². The molecule has 3 heteroatoms. The van der Waals surface area contributed by atoms with E-state index in [-0.39, 0.29) is 11.5 Å². The minimum absolute atomic E-state index is 0.171. The molecule has 1 atom stereocenters. The molecule has 122 valence electrons. The highest BCUT2D eigenvalue weighted by Crippen LogP contribution is 2.24. The maximum Gasteiger partial charge on any atom is 0.248 e. The molecule has 0 saturated carbocycles. The van der Waals surface area contributed by atoms with Gasteiger partial charge in [0.2, 0.25) is 5.91 Å². The number of hydrogen-bond acceptors (Lipinski definition) is 2. The standard InChI is InChI=1S/C20H26N2O/c1-14(16-8-10-18(11-9-16)20(2,3)4)22-13-15-6-5-7-17(12-15)19(21)23/h5-12,14,22H,13H2,1-4H3,(H2,21,23). The van der Waals surface area contributed by atoms with Crippen LogP contribution in [-0.4, -0.2) is 5.91 Å². The Morgan fingerprint density at radius 1 is 1.13 bits per heavy atom. The van der Waals surface area contributed by atoms with E-state index >= 15 is 0 Å². The van der Waals surface area contributed by atoms with Crippen LogP contribution in [-0.2, 0) is 12.0 Å². The number of carbonyl (C=O) groups is 1. The molecular weight excluding hydrogens is 284 g/mol. The van der Waals surface area contributed by atoms with Gasteiger partial charge in [0.05, 0.1) is 0 Å². The average molecular weight is 310 g/mol. The summed E-state index contributed by atoms with van der Waals surface area (Å²) in [4.78, 5) is 11.2. The summed E-state index contributed by atoms with van der Waals surface area (Å²) in [5.41, 5.74) is 9.68. The maximum atomic E-state index is 11.2. The number of benzene rings is 2. The van der Waals surface area contributed by atoms with Gasteiger partial charge in [-0.15, -0.1) is 0 Å². The van der Waals surface area contributed by atoms with Crippen LogP contribution in [0.2, 0.25) is 0 Å². The lowest BCUT2D eigenvalue weighted by molar-refractivity contribution is 0.1000. The number of nitrogens with one attached hydrogen (secondary N) is 1. The topological polar surface area (TPSA) is 55.1 Å². The molecule has 0 aliphatic heterocycles. The highest BCUT2D eigenvalue weighted by Gasteiger charge is 2.14. The second kappa shape index (κ2) is 6.97. The number of primary amides is 1. The first kappa shape index (κ1) is 17.2. The Hall–Kier alpha value is -2.13. The smallest absolute Gasteiger partial charge is 0.248 e. The molecule has 3 nitrogen and oxygen atoms in total. The summed E-state index contributed by atoms with van der Waals surface area (Å²) in [7, 11) is 0. The molecule has 0 radical (unpaired) electrons. The molecular formula is C20H26N2O. The monoisotopic (exact) mass is 310 g/mol. The second-order valence-corrected chi connectivity index (χ2v) is 7.04. The van der Waals surface area contributed by atoms with Crippen LogP contribution in [0.4, 0.5) is 0 Å². The molecule has 0 spiro atoms. The molecule has 1 amide bonds. The van der Waals surface area contributed by atoms with Crippen LogP contribution in [0.15, 0.2) is 48.5 Å². The van der Waals surface area contributed by atoms with E-state index in [1.807, 2.05) is 18.2 Å². The molecule has 0 heterocycles. The molecule has 3 N–H and O–H groups in total. The molecule has 2 aromatic carbocycles. The van der Waals surface area contributed by atoms with Gasteiger partial charge in [0.25, 0.3) is 0 Å². The van der Waals surface area contributed by atoms with E-state index in [0.717, 1.165) is 5.56 Å². The van der Waals surface area contributed by atoms with Crippen molar-refractivity contribution < 1.29 is 4.79 Å². The van der Waals surface area contributed by atoms with Crippen LogP contribution in [0.1, 0.15) is 60.8 Å². The SMILES string of the molecule is CC(NCc1cccc(C(N)=O)c1)c1ccc(C(C)(C)C)cc1. The van der Waals surface area contributed by atoms with Crippen molar-refractivity contribution in [1.82, 2.24) is 5.32 Å². The van der Waals surface area contributed by atoms with Crippen molar-refractivity contribution in [2.75, 3.05) is 0 Å². The zero-order valence-electron chi connectivity index (χ0n) is 14.4. The number of carbonyl (C=O) groups excluding carboxylic acids is 1. The minimum Gasteiger partial charge on any atom is -0.366 e. The summed E-state index contributed by atoms with van der Waals surface area (Å²) < 4.78 is 0. The van der Waals surface area contributed by atoms with Crippen molar-refractivity contribution in [1.29, 1.82) is 0 Å². The van der Waals surface area contributed by atoms with Crippen LogP contribution in [0.5, 0.6) is 0 Å². The van der Waals surface area contributed by atoms with Crippen LogP contribution in [0, 0.1) is 0 Å². The lowest BCUT2D eigenvalue weighted by Gasteiger charge is -2.21. The van der Waals surface area contributed by atoms with Gasteiger partial charge in [-0.25, -0.2) is 0 Å². The van der Waals surface area contributed by atoms with Crippen LogP contribution in [0.3, 0.4) is 0 Å². The molecule has 0 saturated heterocycles. The third kappa shape index (κ3) is 4.67. The van der Waals surface area contributed by atoms with Crippen LogP contribution in [0.25, 0.3) is 0 Å². The summed E-state index contributed by atoms with van der Waals surface area (Å²) in [5.74, 6) is -0.391. The first-order valence-corrected chi connectivity index (χ1v) is 8.00. The molecule has 0 aromatic heterocycles. The third-order valence-corrected chi connectivity index (χ3v) is 4.10. The number of rotatable bonds is 5. The lowest BCUT2D eigenvalue weighted by Crippen LogP contribution is -2.19. The fourth-order valence-corrected chi connectivity index (χ4v) is 2.50. The van der Waals surface area contributed by atoms with Gasteiger partial charge in [0, 0.05) is 18.2 Å².